The number of hydrogen-bond acceptors (Lipinski definition) is 4. The summed E-state index contributed by atoms with van der Waals surface area (Å²) < 4.78 is 27.2. The van der Waals surface area contributed by atoms with Crippen molar-refractivity contribution in [3.63, 3.8) is 0 Å². The number of rotatable bonds is 7. The SMILES string of the molecule is Cc1c(S(N)(=O)=O)cc(-c2cc(C(C)(C)C)c(C(=O)NCCO)c(C(C)(C)C)c2)n1CC1CCCCC1. The van der Waals surface area contributed by atoms with Crippen LogP contribution < -0.4 is 10.5 Å². The van der Waals surface area contributed by atoms with E-state index in [1.165, 1.54) is 19.3 Å². The number of hydrogen-bond donors (Lipinski definition) is 3. The molecule has 1 aromatic carbocycles. The lowest BCUT2D eigenvalue weighted by atomic mass is 9.74. The van der Waals surface area contributed by atoms with Gasteiger partial charge in [0.15, 0.2) is 0 Å². The molecular formula is C29H45N3O4S. The summed E-state index contributed by atoms with van der Waals surface area (Å²) in [4.78, 5) is 13.5. The fourth-order valence-electron chi connectivity index (χ4n) is 5.49. The van der Waals surface area contributed by atoms with Crippen molar-refractivity contribution in [2.24, 2.45) is 11.1 Å². The summed E-state index contributed by atoms with van der Waals surface area (Å²) in [7, 11) is -3.90. The second-order valence-electron chi connectivity index (χ2n) is 12.6. The van der Waals surface area contributed by atoms with Crippen molar-refractivity contribution in [2.45, 2.75) is 103 Å². The molecule has 0 atom stereocenters. The van der Waals surface area contributed by atoms with Crippen LogP contribution in [0.25, 0.3) is 11.3 Å². The second-order valence-corrected chi connectivity index (χ2v) is 14.1. The lowest BCUT2D eigenvalue weighted by Gasteiger charge is -2.31. The first-order valence-corrected chi connectivity index (χ1v) is 14.9. The number of aromatic nitrogens is 1. The number of carbonyl (C=O) groups is 1. The summed E-state index contributed by atoms with van der Waals surface area (Å²) in [5.41, 5.74) is 4.00. The Labute approximate surface area is 222 Å². The van der Waals surface area contributed by atoms with E-state index in [9.17, 15) is 18.3 Å². The third-order valence-electron chi connectivity index (χ3n) is 7.47. The summed E-state index contributed by atoms with van der Waals surface area (Å²) in [5.74, 6) is 0.272. The van der Waals surface area contributed by atoms with Gasteiger partial charge in [-0.2, -0.15) is 0 Å². The van der Waals surface area contributed by atoms with Gasteiger partial charge >= 0.3 is 0 Å². The summed E-state index contributed by atoms with van der Waals surface area (Å²) in [6.45, 7) is 15.1. The molecule has 0 saturated heterocycles. The molecule has 1 fully saturated rings. The smallest absolute Gasteiger partial charge is 0.251 e. The number of carbonyl (C=O) groups excluding carboxylic acids is 1. The molecule has 1 aliphatic rings. The maximum absolute atomic E-state index is 13.4. The molecule has 1 aromatic heterocycles. The predicted octanol–water partition coefficient (Wildman–Crippen LogP) is 5.01. The van der Waals surface area contributed by atoms with Crippen LogP contribution in [0.3, 0.4) is 0 Å². The lowest BCUT2D eigenvalue weighted by Crippen LogP contribution is -2.32. The molecule has 4 N–H and O–H groups in total. The first-order valence-electron chi connectivity index (χ1n) is 13.4. The van der Waals surface area contributed by atoms with Gasteiger partial charge < -0.3 is 15.0 Å². The lowest BCUT2D eigenvalue weighted by molar-refractivity contribution is 0.0940. The third kappa shape index (κ3) is 6.65. The van der Waals surface area contributed by atoms with E-state index < -0.39 is 10.0 Å². The van der Waals surface area contributed by atoms with E-state index in [1.54, 1.807) is 6.07 Å². The number of amides is 1. The molecule has 37 heavy (non-hydrogen) atoms. The first kappa shape index (κ1) is 29.4. The number of nitrogens with two attached hydrogens (primary N) is 1. The monoisotopic (exact) mass is 531 g/mol. The largest absolute Gasteiger partial charge is 0.395 e. The minimum Gasteiger partial charge on any atom is -0.395 e. The summed E-state index contributed by atoms with van der Waals surface area (Å²) in [5, 5.41) is 17.8. The summed E-state index contributed by atoms with van der Waals surface area (Å²) in [6, 6.07) is 5.76. The average Bonchev–Trinajstić information content (AvgIpc) is 3.12. The molecule has 0 aliphatic heterocycles. The Bertz CT molecular complexity index is 1210. The molecule has 206 valence electrons. The Balaban J connectivity index is 2.33. The fourth-order valence-corrected chi connectivity index (χ4v) is 6.28. The summed E-state index contributed by atoms with van der Waals surface area (Å²) >= 11 is 0. The van der Waals surface area contributed by atoms with Gasteiger partial charge in [0, 0.05) is 30.0 Å². The van der Waals surface area contributed by atoms with E-state index in [0.29, 0.717) is 17.2 Å². The van der Waals surface area contributed by atoms with Crippen LogP contribution in [-0.2, 0) is 27.4 Å². The van der Waals surface area contributed by atoms with Crippen molar-refractivity contribution in [1.29, 1.82) is 0 Å². The van der Waals surface area contributed by atoms with Gasteiger partial charge in [-0.1, -0.05) is 60.8 Å². The minimum atomic E-state index is -3.90. The molecule has 0 radical (unpaired) electrons. The maximum Gasteiger partial charge on any atom is 0.251 e. The van der Waals surface area contributed by atoms with Gasteiger partial charge in [0.2, 0.25) is 10.0 Å². The van der Waals surface area contributed by atoms with Crippen LogP contribution in [0.15, 0.2) is 23.1 Å². The van der Waals surface area contributed by atoms with Crippen LogP contribution in [-0.4, -0.2) is 37.2 Å². The Hall–Kier alpha value is -2.16. The number of nitrogens with zero attached hydrogens (tertiary/aromatic N) is 1. The zero-order chi connectivity index (χ0) is 27.8. The molecule has 2 aromatic rings. The highest BCUT2D eigenvalue weighted by Gasteiger charge is 2.32. The zero-order valence-electron chi connectivity index (χ0n) is 23.6. The Morgan fingerprint density at radius 3 is 2.03 bits per heavy atom. The van der Waals surface area contributed by atoms with Gasteiger partial charge in [0.1, 0.15) is 4.90 Å². The van der Waals surface area contributed by atoms with Crippen LogP contribution in [0, 0.1) is 12.8 Å². The third-order valence-corrected chi connectivity index (χ3v) is 8.49. The number of aliphatic hydroxyl groups excluding tert-OH is 1. The molecule has 0 bridgehead atoms. The molecule has 0 unspecified atom stereocenters. The van der Waals surface area contributed by atoms with Gasteiger partial charge in [-0.05, 0) is 71.4 Å². The Morgan fingerprint density at radius 2 is 1.57 bits per heavy atom. The van der Waals surface area contributed by atoms with Crippen LogP contribution >= 0.6 is 0 Å². The van der Waals surface area contributed by atoms with E-state index in [4.69, 9.17) is 5.14 Å². The summed E-state index contributed by atoms with van der Waals surface area (Å²) in [6.07, 6.45) is 5.91. The molecule has 1 amide bonds. The van der Waals surface area contributed by atoms with Crippen molar-refractivity contribution < 1.29 is 18.3 Å². The van der Waals surface area contributed by atoms with Gasteiger partial charge in [0.05, 0.1) is 6.61 Å². The number of aliphatic hydroxyl groups is 1. The Morgan fingerprint density at radius 1 is 1.03 bits per heavy atom. The van der Waals surface area contributed by atoms with Gasteiger partial charge in [-0.15, -0.1) is 0 Å². The molecular weight excluding hydrogens is 486 g/mol. The van der Waals surface area contributed by atoms with Crippen molar-refractivity contribution in [2.75, 3.05) is 13.2 Å². The number of primary sulfonamides is 1. The zero-order valence-corrected chi connectivity index (χ0v) is 24.4. The van der Waals surface area contributed by atoms with Crippen molar-refractivity contribution in [1.82, 2.24) is 9.88 Å². The average molecular weight is 532 g/mol. The van der Waals surface area contributed by atoms with E-state index in [-0.39, 0.29) is 34.8 Å². The van der Waals surface area contributed by atoms with Crippen molar-refractivity contribution >= 4 is 15.9 Å². The highest BCUT2D eigenvalue weighted by molar-refractivity contribution is 7.89. The number of benzene rings is 1. The van der Waals surface area contributed by atoms with Crippen LogP contribution in [0.1, 0.15) is 101 Å². The minimum absolute atomic E-state index is 0.135. The predicted molar refractivity (Wildman–Crippen MR) is 149 cm³/mol. The molecule has 8 heteroatoms. The molecule has 3 rings (SSSR count). The van der Waals surface area contributed by atoms with Crippen molar-refractivity contribution in [3.8, 4) is 11.3 Å². The number of sulfonamides is 1. The highest BCUT2D eigenvalue weighted by Crippen LogP contribution is 2.40. The topological polar surface area (TPSA) is 114 Å². The molecule has 0 spiro atoms. The van der Waals surface area contributed by atoms with Crippen LogP contribution in [0.4, 0.5) is 0 Å². The molecule has 7 nitrogen and oxygen atoms in total. The van der Waals surface area contributed by atoms with Crippen LogP contribution in [0.2, 0.25) is 0 Å². The molecule has 1 saturated carbocycles. The quantitative estimate of drug-likeness (QED) is 0.466. The van der Waals surface area contributed by atoms with Crippen LogP contribution in [0.5, 0.6) is 0 Å². The van der Waals surface area contributed by atoms with E-state index >= 15 is 0 Å². The van der Waals surface area contributed by atoms with Gasteiger partial charge in [0.25, 0.3) is 5.91 Å². The van der Waals surface area contributed by atoms with Gasteiger partial charge in [-0.3, -0.25) is 4.79 Å². The first-order chi connectivity index (χ1) is 17.1. The van der Waals surface area contributed by atoms with Gasteiger partial charge in [-0.25, -0.2) is 13.6 Å². The van der Waals surface area contributed by atoms with E-state index in [0.717, 1.165) is 41.8 Å². The molecule has 1 heterocycles. The van der Waals surface area contributed by atoms with Crippen molar-refractivity contribution in [3.05, 3.63) is 40.6 Å². The standard InChI is InChI=1S/C29H45N3O4S/c1-19-25(37(30,35)36)17-24(32(19)18-20-11-9-8-10-12-20)21-15-22(28(2,3)4)26(27(34)31-13-14-33)23(16-21)29(5,6)7/h15-17,20,33H,8-14,18H2,1-7H3,(H,31,34)(H2,30,35,36). The van der Waals surface area contributed by atoms with E-state index in [1.807, 2.05) is 19.1 Å². The second kappa shape index (κ2) is 10.9. The fraction of sp³-hybridized carbons (Fsp3) is 0.621. The molecule has 1 aliphatic carbocycles. The highest BCUT2D eigenvalue weighted by atomic mass is 32.2. The normalized spacial score (nSPS) is 15.7. The van der Waals surface area contributed by atoms with E-state index in [2.05, 4.69) is 51.4 Å². The number of nitrogens with one attached hydrogen (secondary N) is 1. The Kier molecular flexibility index (Phi) is 8.67. The maximum atomic E-state index is 13.4.